The molecular weight excluding hydrogens is 479 g/mol. The van der Waals surface area contributed by atoms with E-state index >= 15 is 0 Å². The van der Waals surface area contributed by atoms with Crippen LogP contribution in [0.25, 0.3) is 0 Å². The van der Waals surface area contributed by atoms with Gasteiger partial charge >= 0.3 is 5.97 Å². The van der Waals surface area contributed by atoms with Gasteiger partial charge in [0.1, 0.15) is 17.5 Å². The van der Waals surface area contributed by atoms with E-state index in [4.69, 9.17) is 16.7 Å². The van der Waals surface area contributed by atoms with E-state index in [0.717, 1.165) is 22.5 Å². The minimum atomic E-state index is -4.36. The normalized spacial score (nSPS) is 18.1. The number of aliphatic carboxylic acids is 1. The van der Waals surface area contributed by atoms with Crippen molar-refractivity contribution in [1.29, 1.82) is 0 Å². The monoisotopic (exact) mass is 499 g/mol. The van der Waals surface area contributed by atoms with Crippen LogP contribution in [-0.4, -0.2) is 26.0 Å². The van der Waals surface area contributed by atoms with Gasteiger partial charge in [-0.2, -0.15) is 0 Å². The molecule has 0 bridgehead atoms. The Morgan fingerprint density at radius 3 is 2.42 bits per heavy atom. The number of anilines is 1. The Labute approximate surface area is 194 Å². The lowest BCUT2D eigenvalue weighted by Crippen LogP contribution is -2.36. The molecule has 1 aliphatic rings. The lowest BCUT2D eigenvalue weighted by Gasteiger charge is -2.34. The molecule has 1 aliphatic carbocycles. The lowest BCUT2D eigenvalue weighted by atomic mass is 9.75. The number of sulfonamides is 1. The van der Waals surface area contributed by atoms with Gasteiger partial charge in [0.05, 0.1) is 10.6 Å². The molecule has 2 aromatic carbocycles. The van der Waals surface area contributed by atoms with Crippen LogP contribution in [0.1, 0.15) is 25.7 Å². The van der Waals surface area contributed by atoms with E-state index in [-0.39, 0.29) is 37.1 Å². The van der Waals surface area contributed by atoms with Crippen LogP contribution in [0.3, 0.4) is 0 Å². The minimum absolute atomic E-state index is 0.0270. The van der Waals surface area contributed by atoms with Crippen molar-refractivity contribution < 1.29 is 31.5 Å². The van der Waals surface area contributed by atoms with Crippen LogP contribution in [-0.2, 0) is 14.8 Å². The molecule has 0 aliphatic heterocycles. The zero-order valence-electron chi connectivity index (χ0n) is 17.3. The van der Waals surface area contributed by atoms with Crippen LogP contribution in [0.2, 0.25) is 5.02 Å². The highest BCUT2D eigenvalue weighted by Crippen LogP contribution is 2.40. The second kappa shape index (κ2) is 10.0. The molecule has 2 aromatic rings. The second-order valence-electron chi connectivity index (χ2n) is 7.77. The third-order valence-corrected chi connectivity index (χ3v) is 7.55. The molecule has 3 rings (SSSR count). The number of nitrogens with zero attached hydrogens (tertiary/aromatic N) is 1. The first-order valence-electron chi connectivity index (χ1n) is 10.0. The van der Waals surface area contributed by atoms with E-state index in [2.05, 4.69) is 0 Å². The van der Waals surface area contributed by atoms with Crippen LogP contribution in [0, 0.1) is 17.0 Å². The minimum Gasteiger partial charge on any atom is -0.481 e. The smallest absolute Gasteiger partial charge is 0.303 e. The number of hydrogen-bond acceptors (Lipinski definition) is 3. The number of carboxylic acids is 1. The Balaban J connectivity index is 2.02. The molecule has 0 spiro atoms. The Bertz CT molecular complexity index is 1200. The van der Waals surface area contributed by atoms with Crippen LogP contribution >= 0.6 is 11.6 Å². The van der Waals surface area contributed by atoms with E-state index in [1.165, 1.54) is 42.5 Å². The number of carbonyl (C=O) groups is 1. The summed E-state index contributed by atoms with van der Waals surface area (Å²) in [5.41, 5.74) is -1.51. The molecule has 0 fully saturated rings. The van der Waals surface area contributed by atoms with Crippen molar-refractivity contribution in [2.45, 2.75) is 30.6 Å². The van der Waals surface area contributed by atoms with Crippen molar-refractivity contribution in [1.82, 2.24) is 0 Å². The topological polar surface area (TPSA) is 74.7 Å². The highest BCUT2D eigenvalue weighted by atomic mass is 35.5. The molecule has 5 nitrogen and oxygen atoms in total. The summed E-state index contributed by atoms with van der Waals surface area (Å²) in [6.07, 6.45) is 4.07. The van der Waals surface area contributed by atoms with Crippen LogP contribution < -0.4 is 4.31 Å². The van der Waals surface area contributed by atoms with E-state index in [1.807, 2.05) is 0 Å². The van der Waals surface area contributed by atoms with Gasteiger partial charge in [0.15, 0.2) is 0 Å². The summed E-state index contributed by atoms with van der Waals surface area (Å²) >= 11 is 5.84. The zero-order valence-corrected chi connectivity index (χ0v) is 18.9. The maximum atomic E-state index is 14.7. The van der Waals surface area contributed by atoms with Crippen molar-refractivity contribution in [3.05, 3.63) is 83.2 Å². The summed E-state index contributed by atoms with van der Waals surface area (Å²) in [4.78, 5) is 10.9. The SMILES string of the molecule is O=C(O)CCC1(CCN(c2cc(F)ccc2F)S(=O)(=O)c2ccc(Cl)cc2)C=C(F)C=CC1. The Morgan fingerprint density at radius 2 is 1.79 bits per heavy atom. The standard InChI is InChI=1S/C23H21ClF3NO4S/c24-16-3-6-19(7-4-16)33(31,32)28(21-14-17(25)5-8-20(21)27)13-12-23(11-9-22(29)30)10-1-2-18(26)15-23/h1-8,14-15H,9-13H2,(H,29,30). The number of rotatable bonds is 9. The van der Waals surface area contributed by atoms with Gasteiger partial charge in [-0.25, -0.2) is 21.6 Å². The van der Waals surface area contributed by atoms with Gasteiger partial charge in [-0.3, -0.25) is 9.10 Å². The van der Waals surface area contributed by atoms with Gasteiger partial charge in [-0.1, -0.05) is 17.7 Å². The summed E-state index contributed by atoms with van der Waals surface area (Å²) in [7, 11) is -4.36. The number of halogens is 4. The molecule has 0 radical (unpaired) electrons. The number of allylic oxidation sites excluding steroid dienone is 4. The average molecular weight is 500 g/mol. The van der Waals surface area contributed by atoms with Crippen molar-refractivity contribution in [2.75, 3.05) is 10.8 Å². The fraction of sp³-hybridized carbons (Fsp3) is 0.261. The van der Waals surface area contributed by atoms with Crippen LogP contribution in [0.4, 0.5) is 18.9 Å². The molecule has 0 heterocycles. The third kappa shape index (κ3) is 5.97. The molecule has 10 heteroatoms. The first-order valence-corrected chi connectivity index (χ1v) is 11.8. The summed E-state index contributed by atoms with van der Waals surface area (Å²) < 4.78 is 70.2. The predicted molar refractivity (Wildman–Crippen MR) is 119 cm³/mol. The zero-order chi connectivity index (χ0) is 24.2. The van der Waals surface area contributed by atoms with Crippen LogP contribution in [0.15, 0.2) is 71.4 Å². The summed E-state index contributed by atoms with van der Waals surface area (Å²) in [6, 6.07) is 7.64. The predicted octanol–water partition coefficient (Wildman–Crippen LogP) is 5.87. The summed E-state index contributed by atoms with van der Waals surface area (Å²) in [6.45, 7) is -0.345. The van der Waals surface area contributed by atoms with Gasteiger partial charge in [0.2, 0.25) is 0 Å². The highest BCUT2D eigenvalue weighted by Gasteiger charge is 2.34. The largest absolute Gasteiger partial charge is 0.481 e. The summed E-state index contributed by atoms with van der Waals surface area (Å²) in [5, 5.41) is 9.40. The van der Waals surface area contributed by atoms with E-state index in [0.29, 0.717) is 5.02 Å². The Hall–Kier alpha value is -2.78. The molecule has 0 saturated heterocycles. The highest BCUT2D eigenvalue weighted by molar-refractivity contribution is 7.92. The van der Waals surface area contributed by atoms with E-state index < -0.39 is 44.6 Å². The van der Waals surface area contributed by atoms with Crippen molar-refractivity contribution >= 4 is 33.3 Å². The van der Waals surface area contributed by atoms with Crippen molar-refractivity contribution in [3.8, 4) is 0 Å². The second-order valence-corrected chi connectivity index (χ2v) is 10.1. The molecule has 1 atom stereocenters. The number of hydrogen-bond donors (Lipinski definition) is 1. The molecule has 0 amide bonds. The molecule has 176 valence electrons. The van der Waals surface area contributed by atoms with Crippen molar-refractivity contribution in [3.63, 3.8) is 0 Å². The molecule has 0 aromatic heterocycles. The third-order valence-electron chi connectivity index (χ3n) is 5.47. The van der Waals surface area contributed by atoms with E-state index in [9.17, 15) is 26.4 Å². The summed E-state index contributed by atoms with van der Waals surface area (Å²) in [5.74, 6) is -3.45. The molecule has 33 heavy (non-hydrogen) atoms. The van der Waals surface area contributed by atoms with Gasteiger partial charge in [-0.05, 0) is 73.2 Å². The molecule has 1 unspecified atom stereocenters. The van der Waals surface area contributed by atoms with Gasteiger partial charge in [0.25, 0.3) is 10.0 Å². The first-order chi connectivity index (χ1) is 15.5. The first kappa shape index (κ1) is 24.9. The van der Waals surface area contributed by atoms with Gasteiger partial charge < -0.3 is 5.11 Å². The fourth-order valence-electron chi connectivity index (χ4n) is 3.74. The molecule has 0 saturated carbocycles. The maximum Gasteiger partial charge on any atom is 0.303 e. The maximum absolute atomic E-state index is 14.7. The van der Waals surface area contributed by atoms with Crippen LogP contribution in [0.5, 0.6) is 0 Å². The molecule has 1 N–H and O–H groups in total. The lowest BCUT2D eigenvalue weighted by molar-refractivity contribution is -0.137. The Kier molecular flexibility index (Phi) is 7.54. The quantitative estimate of drug-likeness (QED) is 0.468. The average Bonchev–Trinajstić information content (AvgIpc) is 2.75. The number of benzene rings is 2. The van der Waals surface area contributed by atoms with Gasteiger partial charge in [-0.15, -0.1) is 0 Å². The fourth-order valence-corrected chi connectivity index (χ4v) is 5.33. The van der Waals surface area contributed by atoms with Crippen molar-refractivity contribution in [2.24, 2.45) is 5.41 Å². The number of carboxylic acid groups (broad SMARTS) is 1. The molecular formula is C23H21ClF3NO4S. The van der Waals surface area contributed by atoms with Gasteiger partial charge in [0, 0.05) is 24.1 Å². The van der Waals surface area contributed by atoms with E-state index in [1.54, 1.807) is 0 Å². The Morgan fingerprint density at radius 1 is 1.09 bits per heavy atom.